The number of nitriles is 1. The molecule has 19 heavy (non-hydrogen) atoms. The van der Waals surface area contributed by atoms with E-state index in [4.69, 9.17) is 15.1 Å². The van der Waals surface area contributed by atoms with Gasteiger partial charge in [-0.05, 0) is 30.0 Å². The van der Waals surface area contributed by atoms with E-state index in [1.165, 1.54) is 0 Å². The Bertz CT molecular complexity index is 438. The molecule has 0 saturated carbocycles. The fourth-order valence-electron chi connectivity index (χ4n) is 2.01. The molecule has 0 aliphatic carbocycles. The first kappa shape index (κ1) is 15.5. The minimum atomic E-state index is 0.182. The van der Waals surface area contributed by atoms with Gasteiger partial charge in [-0.25, -0.2) is 0 Å². The summed E-state index contributed by atoms with van der Waals surface area (Å²) in [6, 6.07) is 8.00. The van der Waals surface area contributed by atoms with Crippen molar-refractivity contribution in [1.82, 2.24) is 5.32 Å². The molecule has 0 aromatic heterocycles. The number of nitrogens with zero attached hydrogens (tertiary/aromatic N) is 1. The monoisotopic (exact) mass is 262 g/mol. The average Bonchev–Trinajstić information content (AvgIpc) is 2.42. The van der Waals surface area contributed by atoms with Gasteiger partial charge in [-0.2, -0.15) is 5.26 Å². The molecule has 0 heterocycles. The van der Waals surface area contributed by atoms with Gasteiger partial charge >= 0.3 is 0 Å². The predicted molar refractivity (Wildman–Crippen MR) is 74.9 cm³/mol. The van der Waals surface area contributed by atoms with Gasteiger partial charge in [0.05, 0.1) is 12.7 Å². The minimum absolute atomic E-state index is 0.182. The van der Waals surface area contributed by atoms with E-state index in [0.29, 0.717) is 23.8 Å². The van der Waals surface area contributed by atoms with Crippen molar-refractivity contribution in [1.29, 1.82) is 5.26 Å². The summed E-state index contributed by atoms with van der Waals surface area (Å²) in [6.07, 6.45) is 0.735. The highest BCUT2D eigenvalue weighted by atomic mass is 16.5. The lowest BCUT2D eigenvalue weighted by molar-refractivity contribution is 0.244. The molecule has 4 heteroatoms. The predicted octanol–water partition coefficient (Wildman–Crippen LogP) is 2.06. The molecule has 104 valence electrons. The van der Waals surface area contributed by atoms with Crippen molar-refractivity contribution < 1.29 is 9.84 Å². The summed E-state index contributed by atoms with van der Waals surface area (Å²) < 4.78 is 5.12. The van der Waals surface area contributed by atoms with Crippen molar-refractivity contribution in [2.45, 2.75) is 32.9 Å². The molecule has 0 amide bonds. The maximum atomic E-state index is 9.04. The van der Waals surface area contributed by atoms with Crippen LogP contribution in [0.1, 0.15) is 31.4 Å². The Labute approximate surface area is 115 Å². The summed E-state index contributed by atoms with van der Waals surface area (Å²) in [4.78, 5) is 0. The molecular formula is C15H22N2O2. The maximum Gasteiger partial charge on any atom is 0.136 e. The van der Waals surface area contributed by atoms with E-state index in [1.54, 1.807) is 7.11 Å². The highest BCUT2D eigenvalue weighted by molar-refractivity contribution is 5.45. The topological polar surface area (TPSA) is 65.3 Å². The van der Waals surface area contributed by atoms with E-state index in [1.807, 2.05) is 18.2 Å². The number of hydrogen-bond donors (Lipinski definition) is 2. The van der Waals surface area contributed by atoms with Gasteiger partial charge in [0.1, 0.15) is 11.8 Å². The van der Waals surface area contributed by atoms with E-state index in [9.17, 15) is 0 Å². The number of nitrogens with one attached hydrogen (secondary N) is 1. The Morgan fingerprint density at radius 3 is 2.68 bits per heavy atom. The van der Waals surface area contributed by atoms with Crippen molar-refractivity contribution in [3.05, 3.63) is 29.3 Å². The second-order valence-corrected chi connectivity index (χ2v) is 4.89. The first-order chi connectivity index (χ1) is 9.12. The zero-order valence-electron chi connectivity index (χ0n) is 11.8. The third-order valence-electron chi connectivity index (χ3n) is 3.20. The molecule has 0 radical (unpaired) electrons. The van der Waals surface area contributed by atoms with Crippen molar-refractivity contribution in [3.8, 4) is 11.8 Å². The lowest BCUT2D eigenvalue weighted by atomic mass is 10.0. The van der Waals surface area contributed by atoms with Crippen LogP contribution >= 0.6 is 0 Å². The first-order valence-electron chi connectivity index (χ1n) is 6.53. The van der Waals surface area contributed by atoms with Crippen LogP contribution in [0.25, 0.3) is 0 Å². The van der Waals surface area contributed by atoms with Gasteiger partial charge in [0.2, 0.25) is 0 Å². The summed E-state index contributed by atoms with van der Waals surface area (Å²) in [5, 5.41) is 21.5. The number of aliphatic hydroxyl groups is 1. The van der Waals surface area contributed by atoms with E-state index >= 15 is 0 Å². The van der Waals surface area contributed by atoms with Crippen LogP contribution in [-0.4, -0.2) is 24.9 Å². The summed E-state index contributed by atoms with van der Waals surface area (Å²) in [5.74, 6) is 1.06. The molecular weight excluding hydrogens is 240 g/mol. The van der Waals surface area contributed by atoms with Crippen LogP contribution < -0.4 is 10.1 Å². The summed E-state index contributed by atoms with van der Waals surface area (Å²) in [7, 11) is 1.56. The highest BCUT2D eigenvalue weighted by Crippen LogP contribution is 2.19. The Morgan fingerprint density at radius 2 is 2.16 bits per heavy atom. The second kappa shape index (κ2) is 7.78. The number of hydrogen-bond acceptors (Lipinski definition) is 4. The number of benzene rings is 1. The minimum Gasteiger partial charge on any atom is -0.495 e. The lowest BCUT2D eigenvalue weighted by Gasteiger charge is -2.21. The molecule has 0 fully saturated rings. The number of aliphatic hydroxyl groups excluding tert-OH is 1. The standard InChI is InChI=1S/C15H22N2O2/c1-11(2)14(6-7-18)17-10-12-4-5-15(19-3)13(8-12)9-16/h4-5,8,11,14,17-18H,6-7,10H2,1-3H3. The smallest absolute Gasteiger partial charge is 0.136 e. The molecule has 1 unspecified atom stereocenters. The summed E-state index contributed by atoms with van der Waals surface area (Å²) >= 11 is 0. The molecule has 4 nitrogen and oxygen atoms in total. The zero-order valence-corrected chi connectivity index (χ0v) is 11.8. The lowest BCUT2D eigenvalue weighted by Crippen LogP contribution is -2.34. The molecule has 1 atom stereocenters. The number of ether oxygens (including phenoxy) is 1. The maximum absolute atomic E-state index is 9.04. The number of rotatable bonds is 7. The van der Waals surface area contributed by atoms with Crippen molar-refractivity contribution in [3.63, 3.8) is 0 Å². The third-order valence-corrected chi connectivity index (χ3v) is 3.20. The molecule has 0 saturated heterocycles. The molecule has 2 N–H and O–H groups in total. The second-order valence-electron chi connectivity index (χ2n) is 4.89. The highest BCUT2D eigenvalue weighted by Gasteiger charge is 2.12. The Morgan fingerprint density at radius 1 is 1.42 bits per heavy atom. The fourth-order valence-corrected chi connectivity index (χ4v) is 2.01. The molecule has 0 aliphatic heterocycles. The Hall–Kier alpha value is -1.57. The Balaban J connectivity index is 2.70. The van der Waals surface area contributed by atoms with Gasteiger partial charge in [-0.15, -0.1) is 0 Å². The molecule has 1 aromatic rings. The van der Waals surface area contributed by atoms with Crippen LogP contribution in [0.4, 0.5) is 0 Å². The molecule has 0 bridgehead atoms. The van der Waals surface area contributed by atoms with Crippen LogP contribution in [0, 0.1) is 17.2 Å². The normalized spacial score (nSPS) is 12.2. The molecule has 1 rings (SSSR count). The van der Waals surface area contributed by atoms with Gasteiger partial charge < -0.3 is 15.2 Å². The van der Waals surface area contributed by atoms with Crippen LogP contribution in [0.5, 0.6) is 5.75 Å². The molecule has 1 aromatic carbocycles. The van der Waals surface area contributed by atoms with Gasteiger partial charge in [-0.1, -0.05) is 19.9 Å². The molecule has 0 spiro atoms. The Kier molecular flexibility index (Phi) is 6.34. The number of methoxy groups -OCH3 is 1. The SMILES string of the molecule is COc1ccc(CNC(CCO)C(C)C)cc1C#N. The third kappa shape index (κ3) is 4.55. The van der Waals surface area contributed by atoms with Gasteiger partial charge in [0, 0.05) is 19.2 Å². The zero-order chi connectivity index (χ0) is 14.3. The summed E-state index contributed by atoms with van der Waals surface area (Å²) in [6.45, 7) is 5.12. The van der Waals surface area contributed by atoms with Crippen LogP contribution in [0.15, 0.2) is 18.2 Å². The van der Waals surface area contributed by atoms with Crippen molar-refractivity contribution in [2.75, 3.05) is 13.7 Å². The van der Waals surface area contributed by atoms with E-state index in [0.717, 1.165) is 12.0 Å². The quantitative estimate of drug-likeness (QED) is 0.789. The van der Waals surface area contributed by atoms with Crippen molar-refractivity contribution in [2.24, 2.45) is 5.92 Å². The van der Waals surface area contributed by atoms with Gasteiger partial charge in [0.15, 0.2) is 0 Å². The van der Waals surface area contributed by atoms with E-state index < -0.39 is 0 Å². The van der Waals surface area contributed by atoms with Crippen LogP contribution in [0.2, 0.25) is 0 Å². The fraction of sp³-hybridized carbons (Fsp3) is 0.533. The average molecular weight is 262 g/mol. The largest absolute Gasteiger partial charge is 0.495 e. The van der Waals surface area contributed by atoms with Crippen molar-refractivity contribution >= 4 is 0 Å². The van der Waals surface area contributed by atoms with Gasteiger partial charge in [-0.3, -0.25) is 0 Å². The van der Waals surface area contributed by atoms with Gasteiger partial charge in [0.25, 0.3) is 0 Å². The van der Waals surface area contributed by atoms with Crippen LogP contribution in [-0.2, 0) is 6.54 Å². The molecule has 0 aliphatic rings. The summed E-state index contributed by atoms with van der Waals surface area (Å²) in [5.41, 5.74) is 1.59. The van der Waals surface area contributed by atoms with E-state index in [2.05, 4.69) is 25.2 Å². The van der Waals surface area contributed by atoms with Crippen LogP contribution in [0.3, 0.4) is 0 Å². The first-order valence-corrected chi connectivity index (χ1v) is 6.53. The van der Waals surface area contributed by atoms with E-state index in [-0.39, 0.29) is 12.6 Å².